The van der Waals surface area contributed by atoms with Crippen molar-refractivity contribution >= 4 is 28.4 Å². The van der Waals surface area contributed by atoms with Crippen molar-refractivity contribution in [1.29, 1.82) is 0 Å². The van der Waals surface area contributed by atoms with Crippen LogP contribution in [0.5, 0.6) is 0 Å². The summed E-state index contributed by atoms with van der Waals surface area (Å²) in [6.07, 6.45) is -1.30. The fraction of sp³-hybridized carbons (Fsp3) is 0.308. The number of benzene rings is 1. The quantitative estimate of drug-likeness (QED) is 0.759. The average Bonchev–Trinajstić information content (AvgIpc) is 2.46. The van der Waals surface area contributed by atoms with Crippen LogP contribution in [-0.4, -0.2) is 49.0 Å². The molecule has 1 aliphatic heterocycles. The lowest BCUT2D eigenvalue weighted by molar-refractivity contribution is 0.112. The molecule has 0 bridgehead atoms. The topological polar surface area (TPSA) is 116 Å². The molecule has 1 heterocycles. The van der Waals surface area contributed by atoms with E-state index in [4.69, 9.17) is 5.11 Å². The lowest BCUT2D eigenvalue weighted by Crippen LogP contribution is -2.53. The van der Waals surface area contributed by atoms with Gasteiger partial charge in [-0.2, -0.15) is 0 Å². The third-order valence-electron chi connectivity index (χ3n) is 3.52. The number of carbonyl (C=O) groups excluding carboxylic acids is 1. The first-order valence-corrected chi connectivity index (χ1v) is 8.12. The van der Waals surface area contributed by atoms with Gasteiger partial charge in [-0.15, -0.1) is 0 Å². The molecule has 0 aliphatic carbocycles. The number of amides is 1. The van der Waals surface area contributed by atoms with Crippen LogP contribution in [0.3, 0.4) is 0 Å². The molecule has 1 atom stereocenters. The van der Waals surface area contributed by atoms with Crippen LogP contribution in [-0.2, 0) is 15.6 Å². The predicted octanol–water partition coefficient (Wildman–Crippen LogP) is 0.891. The number of sulfonamides is 1. The zero-order chi connectivity index (χ0) is 18.3. The summed E-state index contributed by atoms with van der Waals surface area (Å²) in [6.45, 7) is 1.20. The van der Waals surface area contributed by atoms with Crippen molar-refractivity contribution in [3.8, 4) is 0 Å². The van der Waals surface area contributed by atoms with Crippen molar-refractivity contribution in [1.82, 2.24) is 9.62 Å². The first-order chi connectivity index (χ1) is 11.0. The molecule has 1 aliphatic rings. The molecule has 0 saturated carbocycles. The zero-order valence-electron chi connectivity index (χ0n) is 12.6. The predicted molar refractivity (Wildman–Crippen MR) is 79.2 cm³/mol. The molecule has 1 unspecified atom stereocenters. The smallest absolute Gasteiger partial charge is 0.411 e. The van der Waals surface area contributed by atoms with Crippen molar-refractivity contribution in [2.24, 2.45) is 4.99 Å². The van der Waals surface area contributed by atoms with E-state index >= 15 is 0 Å². The third kappa shape index (κ3) is 3.07. The van der Waals surface area contributed by atoms with Gasteiger partial charge in [0.2, 0.25) is 16.0 Å². The molecule has 0 aromatic heterocycles. The van der Waals surface area contributed by atoms with Crippen molar-refractivity contribution < 1.29 is 31.9 Å². The Morgan fingerprint density at radius 2 is 2.08 bits per heavy atom. The number of aldehydes is 1. The molecule has 1 amide bonds. The van der Waals surface area contributed by atoms with Crippen LogP contribution in [0.4, 0.5) is 13.6 Å². The number of aliphatic imine (C=N–C) groups is 1. The summed E-state index contributed by atoms with van der Waals surface area (Å²) in [5, 5.41) is 10.6. The van der Waals surface area contributed by atoms with E-state index in [2.05, 4.69) is 4.99 Å². The van der Waals surface area contributed by atoms with Gasteiger partial charge in [-0.05, 0) is 19.1 Å². The van der Waals surface area contributed by atoms with E-state index < -0.39 is 50.6 Å². The molecule has 0 saturated heterocycles. The van der Waals surface area contributed by atoms with Crippen LogP contribution in [0.25, 0.3) is 0 Å². The lowest BCUT2D eigenvalue weighted by atomic mass is 9.92. The second-order valence-electron chi connectivity index (χ2n) is 5.35. The van der Waals surface area contributed by atoms with Gasteiger partial charge in [0.25, 0.3) is 0 Å². The maximum atomic E-state index is 14.2. The van der Waals surface area contributed by atoms with Crippen LogP contribution in [0.1, 0.15) is 22.8 Å². The van der Waals surface area contributed by atoms with E-state index in [1.807, 2.05) is 0 Å². The molecule has 24 heavy (non-hydrogen) atoms. The molecular formula is C13H13F2N3O5S. The number of carboxylic acid groups (broad SMARTS) is 1. The molecule has 11 heteroatoms. The van der Waals surface area contributed by atoms with Gasteiger partial charge in [0.05, 0.1) is 5.75 Å². The summed E-state index contributed by atoms with van der Waals surface area (Å²) in [6, 6.07) is 1.65. The largest absolute Gasteiger partial charge is 0.465 e. The summed E-state index contributed by atoms with van der Waals surface area (Å²) < 4.78 is 52.9. The van der Waals surface area contributed by atoms with Crippen LogP contribution in [0.2, 0.25) is 0 Å². The van der Waals surface area contributed by atoms with Gasteiger partial charge < -0.3 is 5.11 Å². The summed E-state index contributed by atoms with van der Waals surface area (Å²) in [5.41, 5.74) is -2.50. The second kappa shape index (κ2) is 5.82. The number of hydrogen-bond acceptors (Lipinski definition) is 5. The van der Waals surface area contributed by atoms with Gasteiger partial charge in [0, 0.05) is 18.2 Å². The molecule has 8 nitrogen and oxygen atoms in total. The molecule has 0 radical (unpaired) electrons. The average molecular weight is 361 g/mol. The number of nitrogens with zero attached hydrogens (tertiary/aromatic N) is 2. The summed E-state index contributed by atoms with van der Waals surface area (Å²) >= 11 is 0. The van der Waals surface area contributed by atoms with Gasteiger partial charge in [0.1, 0.15) is 11.8 Å². The maximum absolute atomic E-state index is 14.2. The van der Waals surface area contributed by atoms with Gasteiger partial charge in [0.15, 0.2) is 11.6 Å². The number of halogens is 2. The van der Waals surface area contributed by atoms with Gasteiger partial charge in [-0.25, -0.2) is 31.3 Å². The molecule has 0 spiro atoms. The van der Waals surface area contributed by atoms with Crippen molar-refractivity contribution in [2.45, 2.75) is 12.5 Å². The number of guanidine groups is 1. The highest BCUT2D eigenvalue weighted by Crippen LogP contribution is 2.34. The SMILES string of the molecule is CN1C(NC(=O)O)=NC(C)(c2cc(C=O)cc(F)c2F)CS1(=O)=O. The highest BCUT2D eigenvalue weighted by atomic mass is 32.2. The van der Waals surface area contributed by atoms with Gasteiger partial charge in [-0.3, -0.25) is 10.1 Å². The van der Waals surface area contributed by atoms with Gasteiger partial charge in [-0.1, -0.05) is 0 Å². The molecule has 2 rings (SSSR count). The van der Waals surface area contributed by atoms with Crippen molar-refractivity contribution in [3.05, 3.63) is 34.9 Å². The minimum absolute atomic E-state index is 0.204. The molecule has 1 aromatic rings. The Hall–Kier alpha value is -2.56. The highest BCUT2D eigenvalue weighted by molar-refractivity contribution is 7.89. The number of nitrogens with one attached hydrogen (secondary N) is 1. The van der Waals surface area contributed by atoms with E-state index in [0.717, 1.165) is 13.1 Å². The van der Waals surface area contributed by atoms with E-state index in [1.54, 1.807) is 5.32 Å². The maximum Gasteiger partial charge on any atom is 0.411 e. The fourth-order valence-electron chi connectivity index (χ4n) is 2.33. The number of carbonyl (C=O) groups is 2. The van der Waals surface area contributed by atoms with E-state index in [0.29, 0.717) is 10.4 Å². The van der Waals surface area contributed by atoms with Crippen molar-refractivity contribution in [3.63, 3.8) is 0 Å². The van der Waals surface area contributed by atoms with Crippen LogP contribution in [0, 0.1) is 11.6 Å². The molecule has 130 valence electrons. The molecule has 1 aromatic carbocycles. The fourth-order valence-corrected chi connectivity index (χ4v) is 3.80. The highest BCUT2D eigenvalue weighted by Gasteiger charge is 2.43. The number of hydrogen-bond donors (Lipinski definition) is 2. The minimum Gasteiger partial charge on any atom is -0.465 e. The Morgan fingerprint density at radius 3 is 2.62 bits per heavy atom. The summed E-state index contributed by atoms with van der Waals surface area (Å²) in [5.74, 6) is -4.00. The standard InChI is InChI=1S/C13H13F2N3O5S/c1-13(8-3-7(5-19)4-9(14)10(8)15)6-24(22,23)18(2)11(17-13)16-12(20)21/h3-5H,6H2,1-2H3,(H,16,17)(H,20,21). The van der Waals surface area contributed by atoms with E-state index in [9.17, 15) is 26.8 Å². The molecule has 0 fully saturated rings. The Bertz CT molecular complexity index is 855. The second-order valence-corrected chi connectivity index (χ2v) is 7.35. The van der Waals surface area contributed by atoms with Crippen LogP contribution in [0.15, 0.2) is 17.1 Å². The Morgan fingerprint density at radius 1 is 1.46 bits per heavy atom. The first kappa shape index (κ1) is 17.8. The van der Waals surface area contributed by atoms with Crippen molar-refractivity contribution in [2.75, 3.05) is 12.8 Å². The van der Waals surface area contributed by atoms with Crippen LogP contribution >= 0.6 is 0 Å². The first-order valence-electron chi connectivity index (χ1n) is 6.51. The normalized spacial score (nSPS) is 22.7. The molecular weight excluding hydrogens is 348 g/mol. The lowest BCUT2D eigenvalue weighted by Gasteiger charge is -2.35. The Balaban J connectivity index is 2.71. The zero-order valence-corrected chi connectivity index (χ0v) is 13.4. The monoisotopic (exact) mass is 361 g/mol. The van der Waals surface area contributed by atoms with Crippen LogP contribution < -0.4 is 5.32 Å². The number of rotatable bonds is 2. The van der Waals surface area contributed by atoms with E-state index in [-0.39, 0.29) is 11.8 Å². The third-order valence-corrected chi connectivity index (χ3v) is 5.45. The van der Waals surface area contributed by atoms with Gasteiger partial charge >= 0.3 is 6.09 Å². The Kier molecular flexibility index (Phi) is 4.31. The molecule has 2 N–H and O–H groups in total. The minimum atomic E-state index is -4.06. The van der Waals surface area contributed by atoms with E-state index in [1.165, 1.54) is 6.92 Å². The Labute approximate surface area is 135 Å². The summed E-state index contributed by atoms with van der Waals surface area (Å²) in [4.78, 5) is 25.6. The summed E-state index contributed by atoms with van der Waals surface area (Å²) in [7, 11) is -2.99.